The van der Waals surface area contributed by atoms with Gasteiger partial charge in [-0.25, -0.2) is 8.42 Å². The van der Waals surface area contributed by atoms with Crippen LogP contribution in [0.15, 0.2) is 24.3 Å². The first-order valence-corrected chi connectivity index (χ1v) is 10.2. The van der Waals surface area contributed by atoms with Gasteiger partial charge in [0.15, 0.2) is 0 Å². The highest BCUT2D eigenvalue weighted by Gasteiger charge is 2.41. The fraction of sp³-hybridized carbons (Fsp3) is 0.667. The molecular formula is C18H29NO2S. The smallest absolute Gasteiger partial charge is 0.211 e. The third-order valence-electron chi connectivity index (χ3n) is 4.76. The van der Waals surface area contributed by atoms with Crippen LogP contribution in [-0.2, 0) is 15.4 Å². The van der Waals surface area contributed by atoms with Gasteiger partial charge in [-0.1, -0.05) is 64.3 Å². The van der Waals surface area contributed by atoms with Crippen LogP contribution in [0.25, 0.3) is 0 Å². The molecule has 1 aliphatic rings. The summed E-state index contributed by atoms with van der Waals surface area (Å²) < 4.78 is 26.4. The van der Waals surface area contributed by atoms with Gasteiger partial charge in [0.05, 0.1) is 12.3 Å². The molecule has 1 atom stereocenters. The average molecular weight is 324 g/mol. The molecule has 1 aromatic carbocycles. The summed E-state index contributed by atoms with van der Waals surface area (Å²) in [6, 6.07) is 8.30. The first-order valence-electron chi connectivity index (χ1n) is 8.33. The largest absolute Gasteiger partial charge is 0.212 e. The highest BCUT2D eigenvalue weighted by atomic mass is 32.2. The van der Waals surface area contributed by atoms with Crippen LogP contribution in [-0.4, -0.2) is 25.5 Å². The van der Waals surface area contributed by atoms with Gasteiger partial charge in [-0.3, -0.25) is 0 Å². The Kier molecular flexibility index (Phi) is 5.33. The van der Waals surface area contributed by atoms with Gasteiger partial charge in [0, 0.05) is 6.54 Å². The average Bonchev–Trinajstić information content (AvgIpc) is 2.70. The van der Waals surface area contributed by atoms with Crippen LogP contribution >= 0.6 is 0 Å². The summed E-state index contributed by atoms with van der Waals surface area (Å²) in [4.78, 5) is 0. The Hall–Kier alpha value is -0.870. The van der Waals surface area contributed by atoms with Crippen molar-refractivity contribution in [1.29, 1.82) is 0 Å². The van der Waals surface area contributed by atoms with Gasteiger partial charge in [-0.2, -0.15) is 4.31 Å². The number of sulfonamides is 1. The van der Waals surface area contributed by atoms with E-state index < -0.39 is 10.0 Å². The SMILES string of the molecule is CCCCCCN(C1CC(C)(C)c2ccccc21)S(C)(=O)=O. The molecule has 0 heterocycles. The van der Waals surface area contributed by atoms with Crippen molar-refractivity contribution in [3.8, 4) is 0 Å². The van der Waals surface area contributed by atoms with Crippen molar-refractivity contribution in [3.05, 3.63) is 35.4 Å². The van der Waals surface area contributed by atoms with Gasteiger partial charge in [0.2, 0.25) is 10.0 Å². The van der Waals surface area contributed by atoms with Crippen LogP contribution < -0.4 is 0 Å². The maximum Gasteiger partial charge on any atom is 0.211 e. The molecule has 0 radical (unpaired) electrons. The van der Waals surface area contributed by atoms with Crippen molar-refractivity contribution < 1.29 is 8.42 Å². The van der Waals surface area contributed by atoms with E-state index >= 15 is 0 Å². The quantitative estimate of drug-likeness (QED) is 0.703. The summed E-state index contributed by atoms with van der Waals surface area (Å²) in [6.07, 6.45) is 6.59. The second-order valence-electron chi connectivity index (χ2n) is 7.13. The minimum Gasteiger partial charge on any atom is -0.212 e. The van der Waals surface area contributed by atoms with Crippen molar-refractivity contribution in [2.24, 2.45) is 0 Å². The van der Waals surface area contributed by atoms with Crippen molar-refractivity contribution in [2.45, 2.75) is 64.3 Å². The third-order valence-corrected chi connectivity index (χ3v) is 6.05. The second-order valence-corrected chi connectivity index (χ2v) is 9.06. The summed E-state index contributed by atoms with van der Waals surface area (Å²) in [6.45, 7) is 7.23. The van der Waals surface area contributed by atoms with Gasteiger partial charge < -0.3 is 0 Å². The predicted molar refractivity (Wildman–Crippen MR) is 92.5 cm³/mol. The topological polar surface area (TPSA) is 37.4 Å². The molecular weight excluding hydrogens is 294 g/mol. The van der Waals surface area contributed by atoms with E-state index in [0.29, 0.717) is 6.54 Å². The molecule has 0 saturated heterocycles. The lowest BCUT2D eigenvalue weighted by Crippen LogP contribution is -2.34. The van der Waals surface area contributed by atoms with E-state index in [1.54, 1.807) is 4.31 Å². The van der Waals surface area contributed by atoms with Crippen molar-refractivity contribution >= 4 is 10.0 Å². The van der Waals surface area contributed by atoms with Crippen LogP contribution in [0.3, 0.4) is 0 Å². The van der Waals surface area contributed by atoms with Gasteiger partial charge in [-0.15, -0.1) is 0 Å². The molecule has 0 N–H and O–H groups in total. The second kappa shape index (κ2) is 6.71. The number of hydrogen-bond donors (Lipinski definition) is 0. The normalized spacial score (nSPS) is 20.3. The molecule has 0 aliphatic heterocycles. The third kappa shape index (κ3) is 3.72. The van der Waals surface area contributed by atoms with E-state index in [2.05, 4.69) is 39.0 Å². The Morgan fingerprint density at radius 2 is 1.86 bits per heavy atom. The molecule has 1 aliphatic carbocycles. The van der Waals surface area contributed by atoms with E-state index in [1.807, 2.05) is 6.07 Å². The molecule has 4 heteroatoms. The lowest BCUT2D eigenvalue weighted by atomic mass is 9.86. The summed E-state index contributed by atoms with van der Waals surface area (Å²) in [5.41, 5.74) is 2.52. The minimum atomic E-state index is -3.20. The van der Waals surface area contributed by atoms with Gasteiger partial charge in [-0.05, 0) is 29.4 Å². The number of hydrogen-bond acceptors (Lipinski definition) is 2. The predicted octanol–water partition coefficient (Wildman–Crippen LogP) is 4.25. The maximum atomic E-state index is 12.3. The molecule has 1 aromatic rings. The fourth-order valence-electron chi connectivity index (χ4n) is 3.61. The molecule has 0 aromatic heterocycles. The standard InChI is InChI=1S/C18H29NO2S/c1-5-6-7-10-13-19(22(4,20)21)17-14-18(2,3)16-12-9-8-11-15(16)17/h8-9,11-12,17H,5-7,10,13-14H2,1-4H3. The Bertz CT molecular complexity index is 607. The molecule has 3 nitrogen and oxygen atoms in total. The minimum absolute atomic E-state index is 0.0113. The lowest BCUT2D eigenvalue weighted by molar-refractivity contribution is 0.289. The van der Waals surface area contributed by atoms with Crippen molar-refractivity contribution in [3.63, 3.8) is 0 Å². The monoisotopic (exact) mass is 323 g/mol. The lowest BCUT2D eigenvalue weighted by Gasteiger charge is -2.28. The van der Waals surface area contributed by atoms with E-state index in [-0.39, 0.29) is 11.5 Å². The first-order chi connectivity index (χ1) is 10.3. The molecule has 0 bridgehead atoms. The number of rotatable bonds is 7. The van der Waals surface area contributed by atoms with Gasteiger partial charge in [0.25, 0.3) is 0 Å². The number of nitrogens with zero attached hydrogens (tertiary/aromatic N) is 1. The summed E-state index contributed by atoms with van der Waals surface area (Å²) >= 11 is 0. The zero-order valence-corrected chi connectivity index (χ0v) is 15.1. The van der Waals surface area contributed by atoms with Crippen molar-refractivity contribution in [2.75, 3.05) is 12.8 Å². The molecule has 1 unspecified atom stereocenters. The zero-order valence-electron chi connectivity index (χ0n) is 14.3. The van der Waals surface area contributed by atoms with Crippen molar-refractivity contribution in [1.82, 2.24) is 4.31 Å². The van der Waals surface area contributed by atoms with Gasteiger partial charge in [0.1, 0.15) is 0 Å². The molecule has 22 heavy (non-hydrogen) atoms. The van der Waals surface area contributed by atoms with Crippen LogP contribution in [0.4, 0.5) is 0 Å². The Morgan fingerprint density at radius 1 is 1.18 bits per heavy atom. The highest BCUT2D eigenvalue weighted by molar-refractivity contribution is 7.88. The van der Waals surface area contributed by atoms with E-state index in [0.717, 1.165) is 25.7 Å². The number of benzene rings is 1. The van der Waals surface area contributed by atoms with E-state index in [4.69, 9.17) is 0 Å². The molecule has 124 valence electrons. The Labute approximate surface area is 135 Å². The molecule has 0 fully saturated rings. The van der Waals surface area contributed by atoms with E-state index in [9.17, 15) is 8.42 Å². The first kappa shape index (κ1) is 17.5. The maximum absolute atomic E-state index is 12.3. The van der Waals surface area contributed by atoms with Gasteiger partial charge >= 0.3 is 0 Å². The summed E-state index contributed by atoms with van der Waals surface area (Å²) in [5.74, 6) is 0. The molecule has 2 rings (SSSR count). The molecule has 0 saturated carbocycles. The molecule has 0 spiro atoms. The Balaban J connectivity index is 2.26. The van der Waals surface area contributed by atoms with E-state index in [1.165, 1.54) is 23.8 Å². The number of fused-ring (bicyclic) bond motifs is 1. The van der Waals surface area contributed by atoms with Crippen LogP contribution in [0.1, 0.15) is 70.0 Å². The van der Waals surface area contributed by atoms with Crippen LogP contribution in [0.5, 0.6) is 0 Å². The summed E-state index contributed by atoms with van der Waals surface area (Å²) in [5, 5.41) is 0. The highest BCUT2D eigenvalue weighted by Crippen LogP contribution is 2.47. The zero-order chi connectivity index (χ0) is 16.4. The Morgan fingerprint density at radius 3 is 2.50 bits per heavy atom. The van der Waals surface area contributed by atoms with Crippen LogP contribution in [0.2, 0.25) is 0 Å². The van der Waals surface area contributed by atoms with Crippen LogP contribution in [0, 0.1) is 0 Å². The number of unbranched alkanes of at least 4 members (excludes halogenated alkanes) is 3. The summed E-state index contributed by atoms with van der Waals surface area (Å²) in [7, 11) is -3.20. The fourth-order valence-corrected chi connectivity index (χ4v) is 4.72. The molecule has 0 amide bonds.